The van der Waals surface area contributed by atoms with Crippen molar-refractivity contribution >= 4 is 50.6 Å². The molecule has 1 heterocycles. The normalized spacial score (nSPS) is 11.2. The van der Waals surface area contributed by atoms with Crippen molar-refractivity contribution in [3.05, 3.63) is 126 Å². The minimum atomic E-state index is 0.731. The zero-order valence-corrected chi connectivity index (χ0v) is 18.5. The van der Waals surface area contributed by atoms with Crippen LogP contribution < -0.4 is 4.90 Å². The first-order valence-electron chi connectivity index (χ1n) is 10.9. The van der Waals surface area contributed by atoms with Crippen LogP contribution >= 0.6 is 11.6 Å². The number of nitrogens with zero attached hydrogens (tertiary/aromatic N) is 1. The molecule has 0 saturated carbocycles. The van der Waals surface area contributed by atoms with Crippen molar-refractivity contribution in [2.24, 2.45) is 0 Å². The monoisotopic (exact) mass is 445 g/mol. The summed E-state index contributed by atoms with van der Waals surface area (Å²) in [7, 11) is 0. The highest BCUT2D eigenvalue weighted by atomic mass is 35.5. The molecule has 0 saturated heterocycles. The number of benzene rings is 5. The van der Waals surface area contributed by atoms with Crippen LogP contribution in [0.25, 0.3) is 33.1 Å². The Hall–Kier alpha value is -4.01. The molecule has 0 radical (unpaired) electrons. The maximum atomic E-state index is 6.35. The maximum absolute atomic E-state index is 6.35. The van der Waals surface area contributed by atoms with Crippen LogP contribution in [0.2, 0.25) is 5.02 Å². The molecule has 1 aromatic heterocycles. The van der Waals surface area contributed by atoms with Crippen molar-refractivity contribution in [2.75, 3.05) is 4.90 Å². The topological polar surface area (TPSA) is 16.4 Å². The standard InChI is InChI=1S/C30H20ClNO/c31-22-16-14-21(15-17-22)26-12-7-13-28-30(26)27-19-18-25(20-29(27)33-28)32(23-8-3-1-4-9-23)24-10-5-2-6-11-24/h1-20H. The van der Waals surface area contributed by atoms with E-state index in [4.69, 9.17) is 16.0 Å². The minimum Gasteiger partial charge on any atom is -0.456 e. The van der Waals surface area contributed by atoms with Crippen LogP contribution in [0.4, 0.5) is 17.1 Å². The summed E-state index contributed by atoms with van der Waals surface area (Å²) >= 11 is 6.12. The minimum absolute atomic E-state index is 0.731. The van der Waals surface area contributed by atoms with Gasteiger partial charge in [0.2, 0.25) is 0 Å². The van der Waals surface area contributed by atoms with Gasteiger partial charge >= 0.3 is 0 Å². The van der Waals surface area contributed by atoms with Gasteiger partial charge in [-0.15, -0.1) is 0 Å². The zero-order valence-electron chi connectivity index (χ0n) is 17.8. The van der Waals surface area contributed by atoms with Gasteiger partial charge in [0.05, 0.1) is 0 Å². The molecule has 5 aromatic carbocycles. The lowest BCUT2D eigenvalue weighted by Crippen LogP contribution is -2.09. The van der Waals surface area contributed by atoms with Crippen molar-refractivity contribution in [3.8, 4) is 11.1 Å². The van der Waals surface area contributed by atoms with Crippen LogP contribution in [-0.2, 0) is 0 Å². The fourth-order valence-corrected chi connectivity index (χ4v) is 4.55. The first kappa shape index (κ1) is 19.7. The van der Waals surface area contributed by atoms with Crippen molar-refractivity contribution in [1.82, 2.24) is 0 Å². The molecule has 0 atom stereocenters. The molecule has 0 spiro atoms. The summed E-state index contributed by atoms with van der Waals surface area (Å²) < 4.78 is 6.35. The van der Waals surface area contributed by atoms with Gasteiger partial charge < -0.3 is 9.32 Å². The second-order valence-corrected chi connectivity index (χ2v) is 8.41. The van der Waals surface area contributed by atoms with Gasteiger partial charge in [-0.2, -0.15) is 0 Å². The SMILES string of the molecule is Clc1ccc(-c2cccc3oc4cc(N(c5ccccc5)c5ccccc5)ccc4c23)cc1. The largest absolute Gasteiger partial charge is 0.456 e. The predicted molar refractivity (Wildman–Crippen MR) is 139 cm³/mol. The van der Waals surface area contributed by atoms with Crippen LogP contribution in [0.1, 0.15) is 0 Å². The molecule has 0 amide bonds. The summed E-state index contributed by atoms with van der Waals surface area (Å²) in [4.78, 5) is 2.24. The summed E-state index contributed by atoms with van der Waals surface area (Å²) in [5.41, 5.74) is 7.24. The molecule has 158 valence electrons. The highest BCUT2D eigenvalue weighted by Crippen LogP contribution is 2.41. The Morgan fingerprint density at radius 2 is 1.21 bits per heavy atom. The van der Waals surface area contributed by atoms with E-state index in [-0.39, 0.29) is 0 Å². The summed E-state index contributed by atoms with van der Waals surface area (Å²) in [5.74, 6) is 0. The molecule has 0 aliphatic carbocycles. The van der Waals surface area contributed by atoms with E-state index in [1.807, 2.05) is 36.4 Å². The Morgan fingerprint density at radius 1 is 0.545 bits per heavy atom. The Kier molecular flexibility index (Phi) is 4.86. The van der Waals surface area contributed by atoms with Crippen LogP contribution in [0.15, 0.2) is 126 Å². The Morgan fingerprint density at radius 3 is 1.88 bits per heavy atom. The van der Waals surface area contributed by atoms with E-state index in [1.54, 1.807) is 0 Å². The third-order valence-corrected chi connectivity index (χ3v) is 6.17. The van der Waals surface area contributed by atoms with E-state index in [2.05, 4.69) is 89.8 Å². The molecule has 0 fully saturated rings. The Balaban J connectivity index is 1.54. The molecule has 6 aromatic rings. The Bertz CT molecular complexity index is 1510. The third kappa shape index (κ3) is 3.55. The summed E-state index contributed by atoms with van der Waals surface area (Å²) in [5, 5.41) is 2.95. The van der Waals surface area contributed by atoms with Gasteiger partial charge in [0.25, 0.3) is 0 Å². The van der Waals surface area contributed by atoms with E-state index < -0.39 is 0 Å². The molecule has 0 aliphatic heterocycles. The molecule has 6 rings (SSSR count). The molecular weight excluding hydrogens is 426 g/mol. The van der Waals surface area contributed by atoms with Gasteiger partial charge in [0.1, 0.15) is 11.2 Å². The molecule has 0 N–H and O–H groups in total. The molecule has 2 nitrogen and oxygen atoms in total. The van der Waals surface area contributed by atoms with Gasteiger partial charge in [0, 0.05) is 38.9 Å². The van der Waals surface area contributed by atoms with Crippen molar-refractivity contribution in [1.29, 1.82) is 0 Å². The van der Waals surface area contributed by atoms with Gasteiger partial charge in [0.15, 0.2) is 0 Å². The average Bonchev–Trinajstić information content (AvgIpc) is 3.24. The highest BCUT2D eigenvalue weighted by molar-refractivity contribution is 6.30. The number of anilines is 3. The maximum Gasteiger partial charge on any atom is 0.137 e. The predicted octanol–water partition coefficient (Wildman–Crippen LogP) is 9.38. The van der Waals surface area contributed by atoms with Gasteiger partial charge in [-0.3, -0.25) is 0 Å². The number of furan rings is 1. The van der Waals surface area contributed by atoms with Crippen LogP contribution in [0.3, 0.4) is 0 Å². The van der Waals surface area contributed by atoms with Gasteiger partial charge in [-0.25, -0.2) is 0 Å². The third-order valence-electron chi connectivity index (χ3n) is 5.92. The molecule has 0 aliphatic rings. The van der Waals surface area contributed by atoms with Gasteiger partial charge in [-0.1, -0.05) is 72.3 Å². The van der Waals surface area contributed by atoms with Gasteiger partial charge in [-0.05, 0) is 65.7 Å². The number of halogens is 1. The molecule has 0 bridgehead atoms. The second-order valence-electron chi connectivity index (χ2n) is 7.97. The lowest BCUT2D eigenvalue weighted by molar-refractivity contribution is 0.669. The highest BCUT2D eigenvalue weighted by Gasteiger charge is 2.16. The van der Waals surface area contributed by atoms with E-state index in [0.717, 1.165) is 55.2 Å². The van der Waals surface area contributed by atoms with Crippen LogP contribution in [0.5, 0.6) is 0 Å². The summed E-state index contributed by atoms with van der Waals surface area (Å²) in [6.07, 6.45) is 0. The van der Waals surface area contributed by atoms with Crippen LogP contribution in [-0.4, -0.2) is 0 Å². The fraction of sp³-hybridized carbons (Fsp3) is 0. The van der Waals surface area contributed by atoms with Crippen molar-refractivity contribution < 1.29 is 4.42 Å². The fourth-order valence-electron chi connectivity index (χ4n) is 4.42. The average molecular weight is 446 g/mol. The number of hydrogen-bond acceptors (Lipinski definition) is 2. The first-order chi connectivity index (χ1) is 16.3. The second kappa shape index (κ2) is 8.16. The number of rotatable bonds is 4. The smallest absolute Gasteiger partial charge is 0.137 e. The van der Waals surface area contributed by atoms with Crippen molar-refractivity contribution in [3.63, 3.8) is 0 Å². The zero-order chi connectivity index (χ0) is 22.2. The lowest BCUT2D eigenvalue weighted by Gasteiger charge is -2.25. The summed E-state index contributed by atoms with van der Waals surface area (Å²) in [6.45, 7) is 0. The van der Waals surface area contributed by atoms with E-state index in [1.165, 1.54) is 0 Å². The lowest BCUT2D eigenvalue weighted by atomic mass is 9.99. The molecule has 3 heteroatoms. The summed E-state index contributed by atoms with van der Waals surface area (Å²) in [6, 6.07) is 41.4. The van der Waals surface area contributed by atoms with Crippen molar-refractivity contribution in [2.45, 2.75) is 0 Å². The number of hydrogen-bond donors (Lipinski definition) is 0. The molecule has 0 unspecified atom stereocenters. The number of fused-ring (bicyclic) bond motifs is 3. The first-order valence-corrected chi connectivity index (χ1v) is 11.3. The Labute approximate surface area is 197 Å². The molecule has 33 heavy (non-hydrogen) atoms. The number of para-hydroxylation sites is 2. The van der Waals surface area contributed by atoms with E-state index in [9.17, 15) is 0 Å². The van der Waals surface area contributed by atoms with E-state index in [0.29, 0.717) is 0 Å². The van der Waals surface area contributed by atoms with Crippen LogP contribution in [0, 0.1) is 0 Å². The molecular formula is C30H20ClNO. The quantitative estimate of drug-likeness (QED) is 0.268. The van der Waals surface area contributed by atoms with E-state index >= 15 is 0 Å².